The number of aryl methyl sites for hydroxylation is 2. The molecule has 0 amide bonds. The molecule has 1 saturated carbocycles. The SMILES string of the molecule is CCNC1(c2nc(C)c(C)s2)CC(C(C)C)C1. The van der Waals surface area contributed by atoms with Gasteiger partial charge in [-0.1, -0.05) is 20.8 Å². The summed E-state index contributed by atoms with van der Waals surface area (Å²) < 4.78 is 0. The maximum absolute atomic E-state index is 4.77. The predicted molar refractivity (Wildman–Crippen MR) is 74.5 cm³/mol. The molecule has 2 rings (SSSR count). The molecule has 0 bridgehead atoms. The fourth-order valence-electron chi connectivity index (χ4n) is 2.72. The Labute approximate surface area is 109 Å². The van der Waals surface area contributed by atoms with Crippen LogP contribution in [0.25, 0.3) is 0 Å². The molecule has 96 valence electrons. The molecule has 0 spiro atoms. The first kappa shape index (κ1) is 13.0. The first-order valence-corrected chi connectivity index (χ1v) is 7.49. The monoisotopic (exact) mass is 252 g/mol. The van der Waals surface area contributed by atoms with Gasteiger partial charge in [0.2, 0.25) is 0 Å². The summed E-state index contributed by atoms with van der Waals surface area (Å²) >= 11 is 1.88. The molecule has 0 aliphatic heterocycles. The molecule has 0 unspecified atom stereocenters. The van der Waals surface area contributed by atoms with Gasteiger partial charge in [-0.25, -0.2) is 4.98 Å². The van der Waals surface area contributed by atoms with Crippen LogP contribution in [-0.4, -0.2) is 11.5 Å². The number of hydrogen-bond donors (Lipinski definition) is 1. The van der Waals surface area contributed by atoms with Gasteiger partial charge in [-0.2, -0.15) is 0 Å². The van der Waals surface area contributed by atoms with Crippen molar-refractivity contribution in [1.29, 1.82) is 0 Å². The lowest BCUT2D eigenvalue weighted by molar-refractivity contribution is 0.0692. The molecule has 0 radical (unpaired) electrons. The summed E-state index contributed by atoms with van der Waals surface area (Å²) in [7, 11) is 0. The van der Waals surface area contributed by atoms with Gasteiger partial charge in [-0.05, 0) is 45.1 Å². The average Bonchev–Trinajstić information content (AvgIpc) is 2.52. The quantitative estimate of drug-likeness (QED) is 0.885. The van der Waals surface area contributed by atoms with Gasteiger partial charge in [-0.3, -0.25) is 0 Å². The molecule has 1 fully saturated rings. The van der Waals surface area contributed by atoms with E-state index in [1.54, 1.807) is 0 Å². The third kappa shape index (κ3) is 2.27. The van der Waals surface area contributed by atoms with E-state index in [4.69, 9.17) is 4.98 Å². The zero-order valence-corrected chi connectivity index (χ0v) is 12.4. The summed E-state index contributed by atoms with van der Waals surface area (Å²) in [5.41, 5.74) is 1.39. The Bertz CT molecular complexity index is 369. The van der Waals surface area contributed by atoms with Crippen LogP contribution in [0.1, 0.15) is 49.2 Å². The molecule has 1 aliphatic rings. The van der Waals surface area contributed by atoms with Gasteiger partial charge in [-0.15, -0.1) is 11.3 Å². The Morgan fingerprint density at radius 1 is 1.41 bits per heavy atom. The van der Waals surface area contributed by atoms with Crippen LogP contribution in [0.15, 0.2) is 0 Å². The topological polar surface area (TPSA) is 24.9 Å². The minimum Gasteiger partial charge on any atom is -0.306 e. The highest BCUT2D eigenvalue weighted by molar-refractivity contribution is 7.11. The third-order valence-electron chi connectivity index (χ3n) is 4.12. The Balaban J connectivity index is 2.19. The van der Waals surface area contributed by atoms with Crippen molar-refractivity contribution in [2.45, 2.75) is 53.0 Å². The van der Waals surface area contributed by atoms with Crippen molar-refractivity contribution < 1.29 is 0 Å². The lowest BCUT2D eigenvalue weighted by atomic mass is 9.64. The number of aromatic nitrogens is 1. The van der Waals surface area contributed by atoms with E-state index >= 15 is 0 Å². The second-order valence-corrected chi connectivity index (χ2v) is 6.89. The van der Waals surface area contributed by atoms with E-state index in [1.165, 1.54) is 28.4 Å². The molecular weight excluding hydrogens is 228 g/mol. The highest BCUT2D eigenvalue weighted by Gasteiger charge is 2.47. The van der Waals surface area contributed by atoms with E-state index in [9.17, 15) is 0 Å². The van der Waals surface area contributed by atoms with Gasteiger partial charge in [0.25, 0.3) is 0 Å². The molecule has 3 heteroatoms. The number of nitrogens with zero attached hydrogens (tertiary/aromatic N) is 1. The summed E-state index contributed by atoms with van der Waals surface area (Å²) in [6, 6.07) is 0. The second kappa shape index (κ2) is 4.69. The van der Waals surface area contributed by atoms with Crippen LogP contribution in [0.2, 0.25) is 0 Å². The lowest BCUT2D eigenvalue weighted by Gasteiger charge is -2.49. The lowest BCUT2D eigenvalue weighted by Crippen LogP contribution is -2.53. The summed E-state index contributed by atoms with van der Waals surface area (Å²) in [5.74, 6) is 1.66. The van der Waals surface area contributed by atoms with E-state index in [0.29, 0.717) is 0 Å². The Hall–Kier alpha value is -0.410. The summed E-state index contributed by atoms with van der Waals surface area (Å²) in [5, 5.41) is 5.00. The van der Waals surface area contributed by atoms with Crippen LogP contribution < -0.4 is 5.32 Å². The fourth-order valence-corrected chi connectivity index (χ4v) is 3.82. The summed E-state index contributed by atoms with van der Waals surface area (Å²) in [6.45, 7) is 12.2. The Morgan fingerprint density at radius 3 is 2.47 bits per heavy atom. The van der Waals surface area contributed by atoms with Crippen molar-refractivity contribution in [3.05, 3.63) is 15.6 Å². The van der Waals surface area contributed by atoms with Crippen molar-refractivity contribution in [2.24, 2.45) is 11.8 Å². The maximum Gasteiger partial charge on any atom is 0.113 e. The van der Waals surface area contributed by atoms with E-state index in [2.05, 4.69) is 39.9 Å². The van der Waals surface area contributed by atoms with Gasteiger partial charge in [0.05, 0.1) is 11.2 Å². The molecule has 1 aliphatic carbocycles. The van der Waals surface area contributed by atoms with Crippen molar-refractivity contribution >= 4 is 11.3 Å². The van der Waals surface area contributed by atoms with Gasteiger partial charge < -0.3 is 5.32 Å². The zero-order valence-electron chi connectivity index (χ0n) is 11.6. The summed E-state index contributed by atoms with van der Waals surface area (Å²) in [4.78, 5) is 6.14. The number of thiazole rings is 1. The Morgan fingerprint density at radius 2 is 2.06 bits per heavy atom. The summed E-state index contributed by atoms with van der Waals surface area (Å²) in [6.07, 6.45) is 2.51. The molecule has 2 nitrogen and oxygen atoms in total. The molecule has 0 aromatic carbocycles. The largest absolute Gasteiger partial charge is 0.306 e. The minimum atomic E-state index is 0.188. The van der Waals surface area contributed by atoms with Crippen LogP contribution in [-0.2, 0) is 5.54 Å². The van der Waals surface area contributed by atoms with Gasteiger partial charge in [0, 0.05) is 4.88 Å². The normalized spacial score (nSPS) is 28.5. The van der Waals surface area contributed by atoms with E-state index in [-0.39, 0.29) is 5.54 Å². The van der Waals surface area contributed by atoms with Gasteiger partial charge >= 0.3 is 0 Å². The smallest absolute Gasteiger partial charge is 0.113 e. The molecule has 17 heavy (non-hydrogen) atoms. The van der Waals surface area contributed by atoms with E-state index in [0.717, 1.165) is 18.4 Å². The van der Waals surface area contributed by atoms with Crippen molar-refractivity contribution in [2.75, 3.05) is 6.54 Å². The maximum atomic E-state index is 4.77. The average molecular weight is 252 g/mol. The number of hydrogen-bond acceptors (Lipinski definition) is 3. The molecule has 0 atom stereocenters. The number of nitrogens with one attached hydrogen (secondary N) is 1. The second-order valence-electron chi connectivity index (χ2n) is 5.69. The Kier molecular flexibility index (Phi) is 3.60. The molecule has 1 N–H and O–H groups in total. The van der Waals surface area contributed by atoms with E-state index < -0.39 is 0 Å². The van der Waals surface area contributed by atoms with Crippen LogP contribution >= 0.6 is 11.3 Å². The molecular formula is C14H24N2S. The molecule has 0 saturated heterocycles. The zero-order chi connectivity index (χ0) is 12.6. The van der Waals surface area contributed by atoms with E-state index in [1.807, 2.05) is 11.3 Å². The molecule has 1 aromatic rings. The minimum absolute atomic E-state index is 0.188. The van der Waals surface area contributed by atoms with Crippen LogP contribution in [0.3, 0.4) is 0 Å². The van der Waals surface area contributed by atoms with Crippen LogP contribution in [0.4, 0.5) is 0 Å². The van der Waals surface area contributed by atoms with Crippen molar-refractivity contribution in [1.82, 2.24) is 10.3 Å². The molecule has 1 aromatic heterocycles. The van der Waals surface area contributed by atoms with Gasteiger partial charge in [0.15, 0.2) is 0 Å². The first-order valence-electron chi connectivity index (χ1n) is 6.68. The van der Waals surface area contributed by atoms with Crippen molar-refractivity contribution in [3.63, 3.8) is 0 Å². The van der Waals surface area contributed by atoms with Crippen molar-refractivity contribution in [3.8, 4) is 0 Å². The predicted octanol–water partition coefficient (Wildman–Crippen LogP) is 3.63. The first-order chi connectivity index (χ1) is 7.98. The standard InChI is InChI=1S/C14H24N2S/c1-6-15-14(7-12(8-14)9(2)3)13-16-10(4)11(5)17-13/h9,12,15H,6-8H2,1-5H3. The van der Waals surface area contributed by atoms with Crippen LogP contribution in [0, 0.1) is 25.7 Å². The number of rotatable bonds is 4. The highest BCUT2D eigenvalue weighted by atomic mass is 32.1. The highest BCUT2D eigenvalue weighted by Crippen LogP contribution is 2.49. The fraction of sp³-hybridized carbons (Fsp3) is 0.786. The molecule has 1 heterocycles. The van der Waals surface area contributed by atoms with Crippen LogP contribution in [0.5, 0.6) is 0 Å². The van der Waals surface area contributed by atoms with Gasteiger partial charge in [0.1, 0.15) is 5.01 Å². The third-order valence-corrected chi connectivity index (χ3v) is 5.39.